The molecule has 11 atom stereocenters. The van der Waals surface area contributed by atoms with Gasteiger partial charge in [-0.15, -0.1) is 0 Å². The van der Waals surface area contributed by atoms with Gasteiger partial charge in [0.1, 0.15) is 0 Å². The Kier molecular flexibility index (Phi) is 8.62. The predicted octanol–water partition coefficient (Wildman–Crippen LogP) is 6.45. The largest absolute Gasteiger partial charge is 0.414 e. The zero-order valence-electron chi connectivity index (χ0n) is 26.4. The molecule has 0 aromatic rings. The Balaban J connectivity index is 1.33. The van der Waals surface area contributed by atoms with E-state index in [2.05, 4.69) is 58.2 Å². The topological polar surface area (TPSA) is 87.7 Å². The van der Waals surface area contributed by atoms with Crippen molar-refractivity contribution in [3.8, 4) is 0 Å². The molecule has 0 aliphatic heterocycles. The van der Waals surface area contributed by atoms with E-state index in [1.54, 1.807) is 0 Å². The van der Waals surface area contributed by atoms with Crippen LogP contribution in [-0.2, 0) is 14.0 Å². The Labute approximate surface area is 244 Å². The van der Waals surface area contributed by atoms with Crippen LogP contribution in [0.2, 0.25) is 19.6 Å². The number of nitrogens with one attached hydrogen (secondary N) is 2. The van der Waals surface area contributed by atoms with Gasteiger partial charge >= 0.3 is 0 Å². The fraction of sp³-hybridized carbons (Fsp3) is 0.939. The molecule has 6 nitrogen and oxygen atoms in total. The molecule has 2 amide bonds. The first-order valence-electron chi connectivity index (χ1n) is 16.7. The third-order valence-electron chi connectivity index (χ3n) is 12.7. The van der Waals surface area contributed by atoms with Gasteiger partial charge in [-0.3, -0.25) is 20.4 Å². The van der Waals surface area contributed by atoms with Crippen LogP contribution in [0.15, 0.2) is 0 Å². The molecule has 0 spiro atoms. The molecule has 0 aromatic heterocycles. The van der Waals surface area contributed by atoms with Crippen LogP contribution in [0.3, 0.4) is 0 Å². The van der Waals surface area contributed by atoms with E-state index in [1.165, 1.54) is 25.7 Å². The molecule has 7 heteroatoms. The van der Waals surface area contributed by atoms with Gasteiger partial charge in [0.2, 0.25) is 11.8 Å². The molecule has 0 radical (unpaired) electrons. The number of carbonyl (C=O) groups is 2. The second-order valence-electron chi connectivity index (χ2n) is 16.2. The summed E-state index contributed by atoms with van der Waals surface area (Å²) in [6.07, 6.45) is 12.7. The molecule has 0 aromatic carbocycles. The van der Waals surface area contributed by atoms with Crippen LogP contribution >= 0.6 is 0 Å². The standard InChI is InChI=1S/C33H58N2O4Si/c1-8-23-27-19-22(36)15-17-33(27,4)26-16-18-32(3)24(12-13-25(32)29(26)30(23)39-40(5,6)7)20(2)9-14-28(37)34-35-31(38)21-10-11-21/h20-27,29-30,36H,8-19H2,1-7H3,(H,34,37)(H,35,38)/t20-,22-,23-,24?,25+,26+,27?,29?,30-,32?,33?/m1/s1. The van der Waals surface area contributed by atoms with E-state index in [0.29, 0.717) is 59.4 Å². The van der Waals surface area contributed by atoms with Crippen molar-refractivity contribution in [2.45, 2.75) is 137 Å². The van der Waals surface area contributed by atoms with E-state index in [1.807, 2.05) is 0 Å². The first-order valence-corrected chi connectivity index (χ1v) is 20.1. The van der Waals surface area contributed by atoms with E-state index in [4.69, 9.17) is 4.43 Å². The van der Waals surface area contributed by atoms with Crippen LogP contribution in [0.1, 0.15) is 105 Å². The molecule has 5 fully saturated rings. The summed E-state index contributed by atoms with van der Waals surface area (Å²) in [5.41, 5.74) is 5.86. The van der Waals surface area contributed by atoms with E-state index in [0.717, 1.165) is 44.9 Å². The second-order valence-corrected chi connectivity index (χ2v) is 20.6. The van der Waals surface area contributed by atoms with Crippen molar-refractivity contribution in [2.75, 3.05) is 0 Å². The summed E-state index contributed by atoms with van der Waals surface area (Å²) < 4.78 is 7.25. The summed E-state index contributed by atoms with van der Waals surface area (Å²) in [6, 6.07) is 0. The molecule has 0 bridgehead atoms. The van der Waals surface area contributed by atoms with Crippen molar-refractivity contribution < 1.29 is 19.1 Å². The van der Waals surface area contributed by atoms with Crippen molar-refractivity contribution in [2.24, 2.45) is 58.2 Å². The van der Waals surface area contributed by atoms with Gasteiger partial charge in [0.15, 0.2) is 8.32 Å². The second kappa shape index (κ2) is 11.3. The van der Waals surface area contributed by atoms with Gasteiger partial charge in [0, 0.05) is 12.3 Å². The Hall–Kier alpha value is -0.923. The number of hydrogen-bond donors (Lipinski definition) is 3. The third-order valence-corrected chi connectivity index (χ3v) is 13.7. The average molecular weight is 575 g/mol. The van der Waals surface area contributed by atoms with Gasteiger partial charge in [0.05, 0.1) is 12.2 Å². The Bertz CT molecular complexity index is 949. The summed E-state index contributed by atoms with van der Waals surface area (Å²) in [6.45, 7) is 17.0. The van der Waals surface area contributed by atoms with Gasteiger partial charge in [0.25, 0.3) is 0 Å². The molecular formula is C33H58N2O4Si. The lowest BCUT2D eigenvalue weighted by atomic mass is 9.41. The summed E-state index contributed by atoms with van der Waals surface area (Å²) in [5, 5.41) is 10.8. The van der Waals surface area contributed by atoms with Crippen LogP contribution in [0.4, 0.5) is 0 Å². The molecule has 5 aliphatic carbocycles. The predicted molar refractivity (Wildman–Crippen MR) is 161 cm³/mol. The van der Waals surface area contributed by atoms with Crippen LogP contribution in [0.25, 0.3) is 0 Å². The Morgan fingerprint density at radius 2 is 1.62 bits per heavy atom. The van der Waals surface area contributed by atoms with E-state index in [-0.39, 0.29) is 29.3 Å². The van der Waals surface area contributed by atoms with E-state index >= 15 is 0 Å². The minimum absolute atomic E-state index is 0.0410. The lowest BCUT2D eigenvalue weighted by Gasteiger charge is -2.66. The zero-order chi connectivity index (χ0) is 29.0. The third kappa shape index (κ3) is 5.69. The molecule has 5 unspecified atom stereocenters. The maximum atomic E-state index is 12.5. The summed E-state index contributed by atoms with van der Waals surface area (Å²) in [4.78, 5) is 24.5. The first kappa shape index (κ1) is 30.5. The first-order chi connectivity index (χ1) is 18.8. The molecule has 228 valence electrons. The maximum Gasteiger partial charge on any atom is 0.241 e. The molecule has 5 aliphatic rings. The number of aliphatic hydroxyl groups excluding tert-OH is 1. The number of rotatable bonds is 8. The SMILES string of the molecule is CC[C@@H]1C2C[C@H](O)CCC2(C)[C@H]2CCC3(C)C([C@H](C)CCC(=O)NNC(=O)C4CC4)CC[C@H]3C2[C@@H]1O[Si](C)(C)C. The van der Waals surface area contributed by atoms with Gasteiger partial charge in [-0.2, -0.15) is 0 Å². The van der Waals surface area contributed by atoms with Crippen molar-refractivity contribution >= 4 is 20.1 Å². The van der Waals surface area contributed by atoms with Gasteiger partial charge in [-0.05, 0) is 136 Å². The van der Waals surface area contributed by atoms with Gasteiger partial charge in [-0.25, -0.2) is 0 Å². The number of hydrazine groups is 1. The minimum atomic E-state index is -1.77. The smallest absolute Gasteiger partial charge is 0.241 e. The summed E-state index contributed by atoms with van der Waals surface area (Å²) >= 11 is 0. The molecule has 40 heavy (non-hydrogen) atoms. The van der Waals surface area contributed by atoms with Gasteiger partial charge in [-0.1, -0.05) is 34.1 Å². The van der Waals surface area contributed by atoms with Crippen LogP contribution < -0.4 is 10.9 Å². The van der Waals surface area contributed by atoms with Crippen LogP contribution in [0, 0.1) is 58.2 Å². The fourth-order valence-electron chi connectivity index (χ4n) is 10.7. The maximum absolute atomic E-state index is 12.5. The van der Waals surface area contributed by atoms with Crippen molar-refractivity contribution in [3.05, 3.63) is 0 Å². The number of fused-ring (bicyclic) bond motifs is 5. The van der Waals surface area contributed by atoms with E-state index < -0.39 is 8.32 Å². The monoisotopic (exact) mass is 574 g/mol. The highest BCUT2D eigenvalue weighted by Crippen LogP contribution is 2.70. The Morgan fingerprint density at radius 3 is 2.27 bits per heavy atom. The minimum Gasteiger partial charge on any atom is -0.414 e. The highest BCUT2D eigenvalue weighted by atomic mass is 28.4. The number of amides is 2. The normalized spacial score (nSPS) is 43.7. The fourth-order valence-corrected chi connectivity index (χ4v) is 11.8. The highest BCUT2D eigenvalue weighted by molar-refractivity contribution is 6.69. The van der Waals surface area contributed by atoms with Crippen LogP contribution in [-0.4, -0.2) is 37.4 Å². The molecule has 3 N–H and O–H groups in total. The average Bonchev–Trinajstić information content (AvgIpc) is 3.67. The molecule has 5 saturated carbocycles. The van der Waals surface area contributed by atoms with Crippen LogP contribution in [0.5, 0.6) is 0 Å². The number of aliphatic hydroxyl groups is 1. The lowest BCUT2D eigenvalue weighted by molar-refractivity contribution is -0.198. The van der Waals surface area contributed by atoms with Crippen molar-refractivity contribution in [1.82, 2.24) is 10.9 Å². The quantitative estimate of drug-likeness (QED) is 0.230. The summed E-state index contributed by atoms with van der Waals surface area (Å²) in [7, 11) is -1.77. The zero-order valence-corrected chi connectivity index (χ0v) is 27.4. The Morgan fingerprint density at radius 1 is 0.950 bits per heavy atom. The molecular weight excluding hydrogens is 516 g/mol. The number of hydrogen-bond acceptors (Lipinski definition) is 4. The molecule has 5 rings (SSSR count). The number of carbonyl (C=O) groups excluding carboxylic acids is 2. The molecule has 0 heterocycles. The highest BCUT2D eigenvalue weighted by Gasteiger charge is 2.65. The van der Waals surface area contributed by atoms with Gasteiger partial charge < -0.3 is 9.53 Å². The van der Waals surface area contributed by atoms with Crippen molar-refractivity contribution in [3.63, 3.8) is 0 Å². The summed E-state index contributed by atoms with van der Waals surface area (Å²) in [5.74, 6) is 4.14. The lowest BCUT2D eigenvalue weighted by Crippen LogP contribution is -2.63. The van der Waals surface area contributed by atoms with Crippen molar-refractivity contribution in [1.29, 1.82) is 0 Å². The van der Waals surface area contributed by atoms with E-state index in [9.17, 15) is 14.7 Å². The molecule has 0 saturated heterocycles.